The molecule has 0 aliphatic heterocycles. The quantitative estimate of drug-likeness (QED) is 0.156. The molecule has 1 unspecified atom stereocenters. The highest BCUT2D eigenvalue weighted by Crippen LogP contribution is 2.15. The molecule has 0 aromatic carbocycles. The summed E-state index contributed by atoms with van der Waals surface area (Å²) in [5, 5.41) is 18.4. The maximum atomic E-state index is 10.4. The van der Waals surface area contributed by atoms with Crippen LogP contribution in [0, 0.1) is 0 Å². The van der Waals surface area contributed by atoms with Crippen molar-refractivity contribution in [3.8, 4) is 0 Å². The van der Waals surface area contributed by atoms with E-state index in [1.807, 2.05) is 0 Å². The summed E-state index contributed by atoms with van der Waals surface area (Å²) in [5.41, 5.74) is 0. The molecule has 2 N–H and O–H groups in total. The molecule has 3 heteroatoms. The number of carboxylic acid groups (broad SMARTS) is 1. The van der Waals surface area contributed by atoms with Gasteiger partial charge in [0.05, 0.1) is 6.10 Å². The molecular formula is C26H52O3. The molecule has 174 valence electrons. The summed E-state index contributed by atoms with van der Waals surface area (Å²) in [6, 6.07) is 0. The van der Waals surface area contributed by atoms with Gasteiger partial charge < -0.3 is 10.2 Å². The van der Waals surface area contributed by atoms with Crippen LogP contribution in [0.2, 0.25) is 0 Å². The largest absolute Gasteiger partial charge is 0.481 e. The van der Waals surface area contributed by atoms with E-state index >= 15 is 0 Å². The van der Waals surface area contributed by atoms with E-state index in [4.69, 9.17) is 5.11 Å². The lowest BCUT2D eigenvalue weighted by atomic mass is 10.0. The first kappa shape index (κ1) is 28.4. The van der Waals surface area contributed by atoms with Crippen LogP contribution < -0.4 is 0 Å². The van der Waals surface area contributed by atoms with Crippen LogP contribution in [-0.2, 0) is 4.79 Å². The minimum absolute atomic E-state index is 0.0506. The fourth-order valence-electron chi connectivity index (χ4n) is 4.07. The molecule has 0 fully saturated rings. The van der Waals surface area contributed by atoms with Crippen LogP contribution >= 0.6 is 0 Å². The molecule has 0 aromatic heterocycles. The Labute approximate surface area is 182 Å². The van der Waals surface area contributed by atoms with Gasteiger partial charge in [-0.1, -0.05) is 129 Å². The van der Waals surface area contributed by atoms with Crippen LogP contribution in [0.1, 0.15) is 155 Å². The van der Waals surface area contributed by atoms with Crippen molar-refractivity contribution in [2.75, 3.05) is 0 Å². The normalized spacial score (nSPS) is 12.3. The highest BCUT2D eigenvalue weighted by Gasteiger charge is 2.02. The Morgan fingerprint density at radius 3 is 1.21 bits per heavy atom. The number of aliphatic carboxylic acids is 1. The lowest BCUT2D eigenvalue weighted by molar-refractivity contribution is -0.137. The minimum atomic E-state index is -0.657. The van der Waals surface area contributed by atoms with Gasteiger partial charge >= 0.3 is 5.97 Å². The maximum Gasteiger partial charge on any atom is 0.303 e. The van der Waals surface area contributed by atoms with E-state index in [-0.39, 0.29) is 6.10 Å². The van der Waals surface area contributed by atoms with Crippen LogP contribution in [0.4, 0.5) is 0 Å². The molecule has 0 radical (unpaired) electrons. The van der Waals surface area contributed by atoms with Crippen LogP contribution in [0.25, 0.3) is 0 Å². The first-order valence-corrected chi connectivity index (χ1v) is 13.1. The van der Waals surface area contributed by atoms with E-state index in [1.54, 1.807) is 0 Å². The van der Waals surface area contributed by atoms with Crippen molar-refractivity contribution in [1.29, 1.82) is 0 Å². The predicted octanol–water partition coefficient (Wildman–Crippen LogP) is 8.42. The molecule has 0 aliphatic rings. The molecular weight excluding hydrogens is 360 g/mol. The van der Waals surface area contributed by atoms with E-state index in [0.717, 1.165) is 25.7 Å². The van der Waals surface area contributed by atoms with E-state index in [0.29, 0.717) is 6.42 Å². The van der Waals surface area contributed by atoms with Crippen molar-refractivity contribution < 1.29 is 15.0 Å². The van der Waals surface area contributed by atoms with Crippen LogP contribution in [-0.4, -0.2) is 22.3 Å². The summed E-state index contributed by atoms with van der Waals surface area (Å²) in [4.78, 5) is 10.4. The van der Waals surface area contributed by atoms with Gasteiger partial charge in [0.15, 0.2) is 0 Å². The standard InChI is InChI=1S/C26H52O3/c1-2-3-22-25(27)23-20-18-16-14-12-10-8-6-4-5-7-9-11-13-15-17-19-21-24-26(28)29/h25,27H,2-24H2,1H3,(H,28,29). The van der Waals surface area contributed by atoms with E-state index in [2.05, 4.69) is 6.92 Å². The van der Waals surface area contributed by atoms with E-state index < -0.39 is 5.97 Å². The fourth-order valence-corrected chi connectivity index (χ4v) is 4.07. The predicted molar refractivity (Wildman–Crippen MR) is 126 cm³/mol. The number of carbonyl (C=O) groups is 1. The average molecular weight is 413 g/mol. The Bertz CT molecular complexity index is 330. The van der Waals surface area contributed by atoms with Crippen molar-refractivity contribution in [1.82, 2.24) is 0 Å². The summed E-state index contributed by atoms with van der Waals surface area (Å²) < 4.78 is 0. The topological polar surface area (TPSA) is 57.5 Å². The maximum absolute atomic E-state index is 10.4. The molecule has 0 aliphatic carbocycles. The van der Waals surface area contributed by atoms with Crippen LogP contribution in [0.15, 0.2) is 0 Å². The Balaban J connectivity index is 3.06. The molecule has 3 nitrogen and oxygen atoms in total. The van der Waals surface area contributed by atoms with Gasteiger partial charge in [-0.15, -0.1) is 0 Å². The zero-order valence-electron chi connectivity index (χ0n) is 19.6. The van der Waals surface area contributed by atoms with Gasteiger partial charge in [0.2, 0.25) is 0 Å². The molecule has 0 amide bonds. The summed E-state index contributed by atoms with van der Waals surface area (Å²) in [7, 11) is 0. The molecule has 1 atom stereocenters. The highest BCUT2D eigenvalue weighted by atomic mass is 16.4. The highest BCUT2D eigenvalue weighted by molar-refractivity contribution is 5.66. The Morgan fingerprint density at radius 1 is 0.552 bits per heavy atom. The Morgan fingerprint density at radius 2 is 0.862 bits per heavy atom. The van der Waals surface area contributed by atoms with Crippen molar-refractivity contribution >= 4 is 5.97 Å². The molecule has 0 saturated carbocycles. The van der Waals surface area contributed by atoms with Crippen molar-refractivity contribution in [3.63, 3.8) is 0 Å². The van der Waals surface area contributed by atoms with Gasteiger partial charge in [-0.2, -0.15) is 0 Å². The smallest absolute Gasteiger partial charge is 0.303 e. The number of aliphatic hydroxyl groups is 1. The molecule has 29 heavy (non-hydrogen) atoms. The van der Waals surface area contributed by atoms with Gasteiger partial charge in [-0.25, -0.2) is 0 Å². The second-order valence-corrected chi connectivity index (χ2v) is 9.09. The van der Waals surface area contributed by atoms with Gasteiger partial charge in [0, 0.05) is 6.42 Å². The number of carboxylic acids is 1. The first-order chi connectivity index (χ1) is 14.2. The first-order valence-electron chi connectivity index (χ1n) is 13.1. The SMILES string of the molecule is CCCCC(O)CCCCCCCCCCCCCCCCCCCCC(=O)O. The summed E-state index contributed by atoms with van der Waals surface area (Å²) in [6.07, 6.45) is 28.1. The number of hydrogen-bond donors (Lipinski definition) is 2. The molecule has 0 heterocycles. The number of aliphatic hydroxyl groups excluding tert-OH is 1. The minimum Gasteiger partial charge on any atom is -0.481 e. The number of unbranched alkanes of at least 4 members (excludes halogenated alkanes) is 18. The average Bonchev–Trinajstić information content (AvgIpc) is 2.70. The van der Waals surface area contributed by atoms with Gasteiger partial charge in [0.25, 0.3) is 0 Å². The van der Waals surface area contributed by atoms with Gasteiger partial charge in [-0.3, -0.25) is 4.79 Å². The number of hydrogen-bond acceptors (Lipinski definition) is 2. The summed E-state index contributed by atoms with van der Waals surface area (Å²) >= 11 is 0. The lowest BCUT2D eigenvalue weighted by Gasteiger charge is -2.09. The third-order valence-corrected chi connectivity index (χ3v) is 6.07. The van der Waals surface area contributed by atoms with Crippen LogP contribution in [0.5, 0.6) is 0 Å². The number of rotatable bonds is 24. The van der Waals surface area contributed by atoms with Crippen molar-refractivity contribution in [2.24, 2.45) is 0 Å². The molecule has 0 bridgehead atoms. The third-order valence-electron chi connectivity index (χ3n) is 6.07. The monoisotopic (exact) mass is 412 g/mol. The molecule has 0 aromatic rings. The fraction of sp³-hybridized carbons (Fsp3) is 0.962. The van der Waals surface area contributed by atoms with Crippen LogP contribution in [0.3, 0.4) is 0 Å². The molecule has 0 spiro atoms. The van der Waals surface area contributed by atoms with E-state index in [1.165, 1.54) is 116 Å². The summed E-state index contributed by atoms with van der Waals surface area (Å²) in [6.45, 7) is 2.19. The zero-order valence-corrected chi connectivity index (χ0v) is 19.6. The van der Waals surface area contributed by atoms with Crippen molar-refractivity contribution in [2.45, 2.75) is 161 Å². The lowest BCUT2D eigenvalue weighted by Crippen LogP contribution is -2.05. The molecule has 0 saturated heterocycles. The second kappa shape index (κ2) is 23.7. The molecule has 0 rings (SSSR count). The third kappa shape index (κ3) is 25.4. The van der Waals surface area contributed by atoms with Gasteiger partial charge in [-0.05, 0) is 19.3 Å². The Kier molecular flexibility index (Phi) is 23.2. The Hall–Kier alpha value is -0.570. The van der Waals surface area contributed by atoms with E-state index in [9.17, 15) is 9.90 Å². The zero-order chi connectivity index (χ0) is 21.4. The second-order valence-electron chi connectivity index (χ2n) is 9.09. The van der Waals surface area contributed by atoms with Gasteiger partial charge in [0.1, 0.15) is 0 Å². The summed E-state index contributed by atoms with van der Waals surface area (Å²) in [5.74, 6) is -0.657. The van der Waals surface area contributed by atoms with Crippen molar-refractivity contribution in [3.05, 3.63) is 0 Å².